The van der Waals surface area contributed by atoms with E-state index in [0.29, 0.717) is 16.6 Å². The molecular formula is C13H16BrNO3S. The highest BCUT2D eigenvalue weighted by Gasteiger charge is 2.11. The minimum atomic E-state index is -1.05. The summed E-state index contributed by atoms with van der Waals surface area (Å²) in [5.74, 6) is 0.789. The minimum Gasteiger partial charge on any atom is -0.478 e. The Hall–Kier alpha value is -1.01. The summed E-state index contributed by atoms with van der Waals surface area (Å²) in [5, 5.41) is 11.7. The maximum Gasteiger partial charge on any atom is 0.335 e. The van der Waals surface area contributed by atoms with Gasteiger partial charge in [-0.25, -0.2) is 4.79 Å². The molecule has 0 spiro atoms. The van der Waals surface area contributed by atoms with Crippen LogP contribution in [-0.4, -0.2) is 35.0 Å². The number of amides is 1. The highest BCUT2D eigenvalue weighted by Crippen LogP contribution is 2.16. The molecule has 0 aliphatic carbocycles. The van der Waals surface area contributed by atoms with Crippen molar-refractivity contribution in [2.45, 2.75) is 13.3 Å². The van der Waals surface area contributed by atoms with Gasteiger partial charge in [0.25, 0.3) is 5.91 Å². The maximum atomic E-state index is 11.9. The second kappa shape index (κ2) is 8.22. The number of halogens is 1. The lowest BCUT2D eigenvalue weighted by molar-refractivity contribution is 0.0697. The smallest absolute Gasteiger partial charge is 0.335 e. The highest BCUT2D eigenvalue weighted by molar-refractivity contribution is 9.10. The highest BCUT2D eigenvalue weighted by atomic mass is 79.9. The molecule has 0 unspecified atom stereocenters. The van der Waals surface area contributed by atoms with E-state index in [1.165, 1.54) is 12.1 Å². The Morgan fingerprint density at radius 1 is 1.32 bits per heavy atom. The van der Waals surface area contributed by atoms with Crippen molar-refractivity contribution in [3.05, 3.63) is 33.8 Å². The van der Waals surface area contributed by atoms with Gasteiger partial charge in [0.15, 0.2) is 0 Å². The van der Waals surface area contributed by atoms with Crippen molar-refractivity contribution >= 4 is 39.6 Å². The van der Waals surface area contributed by atoms with E-state index in [1.54, 1.807) is 6.07 Å². The number of carboxylic acid groups (broad SMARTS) is 1. The Bertz CT molecular complexity index is 465. The first-order chi connectivity index (χ1) is 9.04. The summed E-state index contributed by atoms with van der Waals surface area (Å²) in [4.78, 5) is 22.8. The number of hydrogen-bond donors (Lipinski definition) is 2. The van der Waals surface area contributed by atoms with Crippen molar-refractivity contribution in [3.63, 3.8) is 0 Å². The van der Waals surface area contributed by atoms with Crippen molar-refractivity contribution < 1.29 is 14.7 Å². The molecule has 1 rings (SSSR count). The van der Waals surface area contributed by atoms with E-state index in [4.69, 9.17) is 5.11 Å². The van der Waals surface area contributed by atoms with E-state index >= 15 is 0 Å². The zero-order valence-electron chi connectivity index (χ0n) is 10.6. The summed E-state index contributed by atoms with van der Waals surface area (Å²) in [6.07, 6.45) is 0.907. The van der Waals surface area contributed by atoms with Crippen LogP contribution in [0, 0.1) is 0 Å². The quantitative estimate of drug-likeness (QED) is 0.745. The molecule has 0 aromatic heterocycles. The monoisotopic (exact) mass is 345 g/mol. The molecule has 104 valence electrons. The largest absolute Gasteiger partial charge is 0.478 e. The minimum absolute atomic E-state index is 0.0982. The normalized spacial score (nSPS) is 10.2. The standard InChI is InChI=1S/C13H16BrNO3S/c1-2-19-5-3-4-15-12(16)9-6-10(13(17)18)8-11(14)7-9/h6-8H,2-5H2,1H3,(H,15,16)(H,17,18). The molecule has 0 saturated heterocycles. The van der Waals surface area contributed by atoms with Crippen LogP contribution in [0.15, 0.2) is 22.7 Å². The van der Waals surface area contributed by atoms with Gasteiger partial charge in [-0.1, -0.05) is 22.9 Å². The Morgan fingerprint density at radius 3 is 2.63 bits per heavy atom. The van der Waals surface area contributed by atoms with Crippen LogP contribution in [0.5, 0.6) is 0 Å². The Balaban J connectivity index is 2.59. The SMILES string of the molecule is CCSCCCNC(=O)c1cc(Br)cc(C(=O)O)c1. The van der Waals surface area contributed by atoms with E-state index < -0.39 is 5.97 Å². The van der Waals surface area contributed by atoms with Gasteiger partial charge in [-0.05, 0) is 36.1 Å². The van der Waals surface area contributed by atoms with Gasteiger partial charge in [-0.15, -0.1) is 0 Å². The predicted molar refractivity (Wildman–Crippen MR) is 81.1 cm³/mol. The summed E-state index contributed by atoms with van der Waals surface area (Å²) in [6, 6.07) is 4.46. The maximum absolute atomic E-state index is 11.9. The molecule has 0 aliphatic heterocycles. The van der Waals surface area contributed by atoms with Crippen molar-refractivity contribution in [2.24, 2.45) is 0 Å². The van der Waals surface area contributed by atoms with Crippen molar-refractivity contribution in [2.75, 3.05) is 18.1 Å². The number of carbonyl (C=O) groups excluding carboxylic acids is 1. The van der Waals surface area contributed by atoms with Gasteiger partial charge < -0.3 is 10.4 Å². The molecule has 4 nitrogen and oxygen atoms in total. The van der Waals surface area contributed by atoms with Crippen LogP contribution in [0.4, 0.5) is 0 Å². The van der Waals surface area contributed by atoms with Crippen LogP contribution >= 0.6 is 27.7 Å². The average Bonchev–Trinajstić information content (AvgIpc) is 2.37. The molecule has 1 amide bonds. The molecule has 0 heterocycles. The van der Waals surface area contributed by atoms with E-state index in [1.807, 2.05) is 11.8 Å². The lowest BCUT2D eigenvalue weighted by Crippen LogP contribution is -2.25. The Morgan fingerprint density at radius 2 is 2.00 bits per heavy atom. The first-order valence-electron chi connectivity index (χ1n) is 5.94. The van der Waals surface area contributed by atoms with Gasteiger partial charge in [0.2, 0.25) is 0 Å². The van der Waals surface area contributed by atoms with Gasteiger partial charge in [0.05, 0.1) is 5.56 Å². The second-order valence-corrected chi connectivity index (χ2v) is 6.15. The third-order valence-electron chi connectivity index (χ3n) is 2.36. The fraction of sp³-hybridized carbons (Fsp3) is 0.385. The molecule has 0 fully saturated rings. The number of thioether (sulfide) groups is 1. The zero-order valence-corrected chi connectivity index (χ0v) is 13.0. The molecular weight excluding hydrogens is 330 g/mol. The molecule has 1 aromatic carbocycles. The molecule has 0 saturated carbocycles. The summed E-state index contributed by atoms with van der Waals surface area (Å²) < 4.78 is 0.582. The van der Waals surface area contributed by atoms with Crippen molar-refractivity contribution in [3.8, 4) is 0 Å². The number of benzene rings is 1. The van der Waals surface area contributed by atoms with Gasteiger partial charge >= 0.3 is 5.97 Å². The third-order valence-corrected chi connectivity index (χ3v) is 3.81. The molecule has 0 bridgehead atoms. The fourth-order valence-corrected chi connectivity index (χ4v) is 2.60. The van der Waals surface area contributed by atoms with Gasteiger partial charge in [0, 0.05) is 16.6 Å². The van der Waals surface area contributed by atoms with Gasteiger partial charge in [-0.3, -0.25) is 4.79 Å². The zero-order chi connectivity index (χ0) is 14.3. The second-order valence-electron chi connectivity index (χ2n) is 3.84. The number of hydrogen-bond acceptors (Lipinski definition) is 3. The van der Waals surface area contributed by atoms with Gasteiger partial charge in [0.1, 0.15) is 0 Å². The lowest BCUT2D eigenvalue weighted by Gasteiger charge is -2.06. The first kappa shape index (κ1) is 16.0. The van der Waals surface area contributed by atoms with E-state index in [-0.39, 0.29) is 11.5 Å². The van der Waals surface area contributed by atoms with Crippen molar-refractivity contribution in [1.82, 2.24) is 5.32 Å². The van der Waals surface area contributed by atoms with Crippen LogP contribution in [-0.2, 0) is 0 Å². The summed E-state index contributed by atoms with van der Waals surface area (Å²) in [7, 11) is 0. The summed E-state index contributed by atoms with van der Waals surface area (Å²) >= 11 is 5.03. The molecule has 0 aliphatic rings. The Kier molecular flexibility index (Phi) is 6.94. The molecule has 0 radical (unpaired) electrons. The molecule has 6 heteroatoms. The number of carboxylic acids is 1. The fourth-order valence-electron chi connectivity index (χ4n) is 1.47. The third kappa shape index (κ3) is 5.65. The van der Waals surface area contributed by atoms with Crippen LogP contribution < -0.4 is 5.32 Å². The lowest BCUT2D eigenvalue weighted by atomic mass is 10.1. The van der Waals surface area contributed by atoms with Gasteiger partial charge in [-0.2, -0.15) is 11.8 Å². The van der Waals surface area contributed by atoms with Crippen LogP contribution in [0.2, 0.25) is 0 Å². The van der Waals surface area contributed by atoms with Crippen LogP contribution in [0.1, 0.15) is 34.1 Å². The van der Waals surface area contributed by atoms with E-state index in [9.17, 15) is 9.59 Å². The molecule has 0 atom stereocenters. The number of carbonyl (C=O) groups is 2. The molecule has 1 aromatic rings. The predicted octanol–water partition coefficient (Wildman–Crippen LogP) is 3.02. The van der Waals surface area contributed by atoms with E-state index in [0.717, 1.165) is 17.9 Å². The number of rotatable bonds is 7. The van der Waals surface area contributed by atoms with Crippen LogP contribution in [0.25, 0.3) is 0 Å². The summed E-state index contributed by atoms with van der Waals surface area (Å²) in [5.41, 5.74) is 0.455. The first-order valence-corrected chi connectivity index (χ1v) is 7.89. The number of aromatic carboxylic acids is 1. The Labute approximate surface area is 125 Å². The van der Waals surface area contributed by atoms with E-state index in [2.05, 4.69) is 28.2 Å². The van der Waals surface area contributed by atoms with Crippen molar-refractivity contribution in [1.29, 1.82) is 0 Å². The van der Waals surface area contributed by atoms with Crippen LogP contribution in [0.3, 0.4) is 0 Å². The summed E-state index contributed by atoms with van der Waals surface area (Å²) in [6.45, 7) is 2.69. The molecule has 19 heavy (non-hydrogen) atoms. The molecule has 2 N–H and O–H groups in total. The topological polar surface area (TPSA) is 66.4 Å². The average molecular weight is 346 g/mol. The number of nitrogens with one attached hydrogen (secondary N) is 1.